The van der Waals surface area contributed by atoms with Crippen LogP contribution < -0.4 is 4.90 Å². The van der Waals surface area contributed by atoms with Crippen molar-refractivity contribution >= 4 is 17.6 Å². The summed E-state index contributed by atoms with van der Waals surface area (Å²) < 4.78 is 1.76. The number of carbonyl (C=O) groups is 2. The highest BCUT2D eigenvalue weighted by atomic mass is 16.2. The first-order valence-electron chi connectivity index (χ1n) is 10.3. The fraction of sp³-hybridized carbons (Fsp3) is 0.455. The van der Waals surface area contributed by atoms with Crippen LogP contribution in [0, 0.1) is 18.3 Å². The maximum Gasteiger partial charge on any atom is 0.255 e. The zero-order chi connectivity index (χ0) is 21.3. The number of piperidine rings is 1. The lowest BCUT2D eigenvalue weighted by Gasteiger charge is -2.42. The normalized spacial score (nSPS) is 20.3. The van der Waals surface area contributed by atoms with E-state index < -0.39 is 0 Å². The highest BCUT2D eigenvalue weighted by Crippen LogP contribution is 2.25. The van der Waals surface area contributed by atoms with Gasteiger partial charge in [-0.1, -0.05) is 12.1 Å². The summed E-state index contributed by atoms with van der Waals surface area (Å²) >= 11 is 0. The second-order valence-corrected chi connectivity index (χ2v) is 7.90. The first kappa shape index (κ1) is 20.1. The van der Waals surface area contributed by atoms with E-state index in [1.165, 1.54) is 0 Å². The Bertz CT molecular complexity index is 999. The van der Waals surface area contributed by atoms with E-state index in [-0.39, 0.29) is 17.9 Å². The first-order chi connectivity index (χ1) is 14.5. The molecule has 2 aliphatic heterocycles. The van der Waals surface area contributed by atoms with Crippen molar-refractivity contribution in [3.8, 4) is 6.07 Å². The van der Waals surface area contributed by atoms with Crippen molar-refractivity contribution in [2.75, 3.05) is 37.6 Å². The van der Waals surface area contributed by atoms with Gasteiger partial charge in [-0.05, 0) is 31.9 Å². The van der Waals surface area contributed by atoms with Crippen molar-refractivity contribution in [2.24, 2.45) is 7.05 Å². The molecule has 0 saturated carbocycles. The Morgan fingerprint density at radius 2 is 1.90 bits per heavy atom. The van der Waals surface area contributed by atoms with E-state index in [4.69, 9.17) is 0 Å². The van der Waals surface area contributed by atoms with E-state index in [9.17, 15) is 14.9 Å². The van der Waals surface area contributed by atoms with Crippen molar-refractivity contribution < 1.29 is 9.59 Å². The van der Waals surface area contributed by atoms with E-state index in [0.29, 0.717) is 43.9 Å². The number of aromatic nitrogens is 2. The number of piperazine rings is 1. The standard InChI is InChI=1S/C22H26N6O2/c1-16-14-20(25(2)24-16)28-9-5-8-19(22(28)30)26-10-12-27(13-11-26)21(29)18-7-4-3-6-17(18)15-23/h3-4,6-7,14,19H,5,8-13H2,1-2H3/t19-/m1/s1. The molecule has 2 aromatic rings. The summed E-state index contributed by atoms with van der Waals surface area (Å²) in [6.07, 6.45) is 1.77. The molecular formula is C22H26N6O2. The lowest BCUT2D eigenvalue weighted by Crippen LogP contribution is -2.58. The van der Waals surface area contributed by atoms with Crippen LogP contribution in [0.1, 0.15) is 34.5 Å². The summed E-state index contributed by atoms with van der Waals surface area (Å²) in [5.74, 6) is 0.830. The summed E-state index contributed by atoms with van der Waals surface area (Å²) in [6.45, 7) is 5.03. The fourth-order valence-electron chi connectivity index (χ4n) is 4.45. The topological polar surface area (TPSA) is 85.5 Å². The molecule has 3 heterocycles. The van der Waals surface area contributed by atoms with Gasteiger partial charge in [-0.15, -0.1) is 0 Å². The highest BCUT2D eigenvalue weighted by molar-refractivity contribution is 5.98. The van der Waals surface area contributed by atoms with Crippen molar-refractivity contribution in [3.05, 3.63) is 47.2 Å². The lowest BCUT2D eigenvalue weighted by molar-refractivity contribution is -0.126. The zero-order valence-corrected chi connectivity index (χ0v) is 17.4. The molecule has 0 aliphatic carbocycles. The molecule has 156 valence electrons. The Kier molecular flexibility index (Phi) is 5.55. The zero-order valence-electron chi connectivity index (χ0n) is 17.4. The van der Waals surface area contributed by atoms with Crippen LogP contribution in [0.25, 0.3) is 0 Å². The number of amides is 2. The molecule has 2 fully saturated rings. The minimum Gasteiger partial charge on any atom is -0.336 e. The Balaban J connectivity index is 1.42. The molecule has 8 nitrogen and oxygen atoms in total. The van der Waals surface area contributed by atoms with Gasteiger partial charge in [0.15, 0.2) is 0 Å². The summed E-state index contributed by atoms with van der Waals surface area (Å²) in [4.78, 5) is 31.9. The Morgan fingerprint density at radius 1 is 1.17 bits per heavy atom. The Labute approximate surface area is 176 Å². The molecule has 2 amide bonds. The third-order valence-electron chi connectivity index (χ3n) is 5.98. The van der Waals surface area contributed by atoms with Gasteiger partial charge >= 0.3 is 0 Å². The van der Waals surface area contributed by atoms with E-state index in [1.807, 2.05) is 24.9 Å². The van der Waals surface area contributed by atoms with Crippen molar-refractivity contribution in [1.82, 2.24) is 19.6 Å². The molecular weight excluding hydrogens is 380 g/mol. The molecule has 1 atom stereocenters. The molecule has 1 aromatic heterocycles. The summed E-state index contributed by atoms with van der Waals surface area (Å²) in [5, 5.41) is 13.6. The van der Waals surface area contributed by atoms with Gasteiger partial charge in [-0.25, -0.2) is 0 Å². The van der Waals surface area contributed by atoms with Crippen molar-refractivity contribution in [3.63, 3.8) is 0 Å². The van der Waals surface area contributed by atoms with Gasteiger partial charge in [0.2, 0.25) is 5.91 Å². The Hall–Kier alpha value is -3.18. The van der Waals surface area contributed by atoms with Crippen molar-refractivity contribution in [2.45, 2.75) is 25.8 Å². The number of benzene rings is 1. The van der Waals surface area contributed by atoms with Crippen LogP contribution in [0.2, 0.25) is 0 Å². The van der Waals surface area contributed by atoms with Crippen LogP contribution in [0.4, 0.5) is 5.82 Å². The number of hydrogen-bond acceptors (Lipinski definition) is 5. The second kappa shape index (κ2) is 8.28. The molecule has 1 aromatic carbocycles. The van der Waals surface area contributed by atoms with Crippen LogP contribution in [-0.4, -0.2) is 70.2 Å². The van der Waals surface area contributed by atoms with E-state index in [1.54, 1.807) is 33.8 Å². The average molecular weight is 406 g/mol. The third-order valence-corrected chi connectivity index (χ3v) is 5.98. The van der Waals surface area contributed by atoms with Gasteiger partial charge in [-0.3, -0.25) is 24.1 Å². The first-order valence-corrected chi connectivity index (χ1v) is 10.3. The maximum absolute atomic E-state index is 13.2. The molecule has 2 aliphatic rings. The molecule has 30 heavy (non-hydrogen) atoms. The molecule has 0 N–H and O–H groups in total. The fourth-order valence-corrected chi connectivity index (χ4v) is 4.45. The number of aryl methyl sites for hydroxylation is 2. The number of hydrogen-bond donors (Lipinski definition) is 0. The molecule has 8 heteroatoms. The van der Waals surface area contributed by atoms with Gasteiger partial charge in [0, 0.05) is 45.8 Å². The predicted molar refractivity (Wildman–Crippen MR) is 112 cm³/mol. The minimum absolute atomic E-state index is 0.110. The number of carbonyl (C=O) groups excluding carboxylic acids is 2. The van der Waals surface area contributed by atoms with Gasteiger partial charge in [-0.2, -0.15) is 10.4 Å². The molecule has 4 rings (SSSR count). The van der Waals surface area contributed by atoms with Crippen LogP contribution >= 0.6 is 0 Å². The van der Waals surface area contributed by atoms with Crippen LogP contribution in [-0.2, 0) is 11.8 Å². The smallest absolute Gasteiger partial charge is 0.255 e. The predicted octanol–water partition coefficient (Wildman–Crippen LogP) is 1.55. The molecule has 0 unspecified atom stereocenters. The molecule has 2 saturated heterocycles. The number of nitrogens with zero attached hydrogens (tertiary/aromatic N) is 6. The Morgan fingerprint density at radius 3 is 2.57 bits per heavy atom. The number of nitriles is 1. The van der Waals surface area contributed by atoms with Crippen LogP contribution in [0.3, 0.4) is 0 Å². The van der Waals surface area contributed by atoms with Crippen LogP contribution in [0.5, 0.6) is 0 Å². The number of anilines is 1. The largest absolute Gasteiger partial charge is 0.336 e. The van der Waals surface area contributed by atoms with E-state index in [2.05, 4.69) is 16.1 Å². The van der Waals surface area contributed by atoms with Crippen molar-refractivity contribution in [1.29, 1.82) is 5.26 Å². The molecule has 0 bridgehead atoms. The van der Waals surface area contributed by atoms with Gasteiger partial charge in [0.1, 0.15) is 5.82 Å². The van der Waals surface area contributed by atoms with Gasteiger partial charge < -0.3 is 4.90 Å². The van der Waals surface area contributed by atoms with E-state index in [0.717, 1.165) is 24.4 Å². The second-order valence-electron chi connectivity index (χ2n) is 7.90. The summed E-state index contributed by atoms with van der Waals surface area (Å²) in [5.41, 5.74) is 1.74. The number of rotatable bonds is 3. The van der Waals surface area contributed by atoms with Crippen LogP contribution in [0.15, 0.2) is 30.3 Å². The highest BCUT2D eigenvalue weighted by Gasteiger charge is 2.37. The maximum atomic E-state index is 13.2. The lowest BCUT2D eigenvalue weighted by atomic mass is 10.0. The third kappa shape index (κ3) is 3.68. The monoisotopic (exact) mass is 406 g/mol. The minimum atomic E-state index is -0.169. The average Bonchev–Trinajstić information content (AvgIpc) is 3.11. The van der Waals surface area contributed by atoms with E-state index >= 15 is 0 Å². The quantitative estimate of drug-likeness (QED) is 0.772. The molecule has 0 radical (unpaired) electrons. The molecule has 0 spiro atoms. The van der Waals surface area contributed by atoms with Gasteiger partial charge in [0.25, 0.3) is 5.91 Å². The summed E-state index contributed by atoms with van der Waals surface area (Å²) in [6, 6.07) is 10.8. The SMILES string of the molecule is Cc1cc(N2CCC[C@@H](N3CCN(C(=O)c4ccccc4C#N)CC3)C2=O)n(C)n1. The van der Waals surface area contributed by atoms with Gasteiger partial charge in [0.05, 0.1) is 28.9 Å². The summed E-state index contributed by atoms with van der Waals surface area (Å²) in [7, 11) is 1.86.